The van der Waals surface area contributed by atoms with Gasteiger partial charge in [0.2, 0.25) is 0 Å². The van der Waals surface area contributed by atoms with Crippen LogP contribution in [0.3, 0.4) is 0 Å². The van der Waals surface area contributed by atoms with Crippen molar-refractivity contribution < 1.29 is 14.1 Å². The third-order valence-electron chi connectivity index (χ3n) is 1.07. The van der Waals surface area contributed by atoms with Gasteiger partial charge in [0.25, 0.3) is 0 Å². The first-order valence-electron chi connectivity index (χ1n) is 2.32. The van der Waals surface area contributed by atoms with Crippen molar-refractivity contribution in [3.63, 3.8) is 0 Å². The number of nitrogens with zero attached hydrogens (tertiary/aromatic N) is 1. The summed E-state index contributed by atoms with van der Waals surface area (Å²) in [5.41, 5.74) is 0. The van der Waals surface area contributed by atoms with E-state index in [1.165, 1.54) is 12.8 Å². The minimum Gasteiger partial charge on any atom is -0.269 e. The fraction of sp³-hybridized carbons (Fsp3) is 1.00. The summed E-state index contributed by atoms with van der Waals surface area (Å²) in [4.78, 5) is 0. The molecular weight excluding hydrogens is 151 g/mol. The fourth-order valence-electron chi connectivity index (χ4n) is 0.688. The van der Waals surface area contributed by atoms with Crippen LogP contribution in [0.5, 0.6) is 0 Å². The molecule has 0 aliphatic carbocycles. The van der Waals surface area contributed by atoms with E-state index in [1.807, 2.05) is 4.31 Å². The first-order chi connectivity index (χ1) is 2.89. The van der Waals surface area contributed by atoms with Crippen molar-refractivity contribution in [2.75, 3.05) is 13.1 Å². The van der Waals surface area contributed by atoms with Crippen LogP contribution in [-0.2, 0) is 0 Å². The van der Waals surface area contributed by atoms with Gasteiger partial charge in [0.1, 0.15) is 0 Å². The van der Waals surface area contributed by atoms with Gasteiger partial charge in [-0.15, -0.1) is 0 Å². The first-order valence-corrected chi connectivity index (χ1v) is 2.68. The standard InChI is InChI=1S/C4H8NS.3FH/c6-5-3-1-2-4-5;;;/h1-4H2;3*1H. The molecule has 1 saturated heterocycles. The molecule has 1 fully saturated rings. The molecule has 5 heteroatoms. The molecule has 9 heavy (non-hydrogen) atoms. The Morgan fingerprint density at radius 2 is 1.22 bits per heavy atom. The van der Waals surface area contributed by atoms with Gasteiger partial charge in [-0.1, -0.05) is 0 Å². The molecule has 0 spiro atoms. The van der Waals surface area contributed by atoms with Gasteiger partial charge >= 0.3 is 0 Å². The summed E-state index contributed by atoms with van der Waals surface area (Å²) in [6.45, 7) is 2.27. The summed E-state index contributed by atoms with van der Waals surface area (Å²) in [5, 5.41) is 0. The monoisotopic (exact) mass is 162 g/mol. The minimum absolute atomic E-state index is 0. The van der Waals surface area contributed by atoms with Crippen LogP contribution in [0.1, 0.15) is 12.8 Å². The second-order valence-corrected chi connectivity index (χ2v) is 2.15. The summed E-state index contributed by atoms with van der Waals surface area (Å²) >= 11 is 4.84. The average Bonchev–Trinajstić information content (AvgIpc) is 1.86. The summed E-state index contributed by atoms with van der Waals surface area (Å²) < 4.78 is 1.94. The maximum atomic E-state index is 4.84. The highest BCUT2D eigenvalue weighted by molar-refractivity contribution is 7.77. The van der Waals surface area contributed by atoms with Gasteiger partial charge in [0, 0.05) is 25.9 Å². The van der Waals surface area contributed by atoms with Crippen LogP contribution in [-0.4, -0.2) is 17.4 Å². The zero-order valence-electron chi connectivity index (χ0n) is 4.91. The predicted molar refractivity (Wildman–Crippen MR) is 35.9 cm³/mol. The van der Waals surface area contributed by atoms with E-state index in [0.717, 1.165) is 13.1 Å². The fourth-order valence-corrected chi connectivity index (χ4v) is 0.946. The van der Waals surface area contributed by atoms with E-state index >= 15 is 0 Å². The second-order valence-electron chi connectivity index (χ2n) is 1.64. The van der Waals surface area contributed by atoms with E-state index in [1.54, 1.807) is 0 Å². The lowest BCUT2D eigenvalue weighted by atomic mass is 10.4. The maximum absolute atomic E-state index is 4.84. The number of hydrogen-bond acceptors (Lipinski definition) is 1. The molecular formula is C4H11F3NS. The Bertz CT molecular complexity index is 49.1. The second kappa shape index (κ2) is 8.10. The lowest BCUT2D eigenvalue weighted by Gasteiger charge is -1.97. The molecule has 1 aliphatic heterocycles. The Balaban J connectivity index is -0.000000120. The SMILES string of the molecule is F.F.F.[S]N1CCCC1. The Hall–Kier alpha value is 0.1000. The van der Waals surface area contributed by atoms with Crippen molar-refractivity contribution in [3.8, 4) is 0 Å². The van der Waals surface area contributed by atoms with E-state index in [4.69, 9.17) is 12.8 Å². The minimum atomic E-state index is 0. The van der Waals surface area contributed by atoms with Crippen molar-refractivity contribution >= 4 is 12.8 Å². The van der Waals surface area contributed by atoms with Crippen molar-refractivity contribution in [1.82, 2.24) is 4.31 Å². The number of hydrogen-bond donors (Lipinski definition) is 0. The highest BCUT2D eigenvalue weighted by atomic mass is 32.1. The van der Waals surface area contributed by atoms with Gasteiger partial charge in [-0.2, -0.15) is 0 Å². The molecule has 1 heterocycles. The number of halogens is 3. The van der Waals surface area contributed by atoms with Crippen LogP contribution < -0.4 is 0 Å². The van der Waals surface area contributed by atoms with Gasteiger partial charge in [-0.3, -0.25) is 14.1 Å². The molecule has 1 radical (unpaired) electrons. The molecule has 0 aromatic heterocycles. The highest BCUT2D eigenvalue weighted by Gasteiger charge is 2.05. The van der Waals surface area contributed by atoms with Crippen LogP contribution in [0, 0.1) is 0 Å². The Kier molecular flexibility index (Phi) is 14.4. The number of rotatable bonds is 0. The topological polar surface area (TPSA) is 3.24 Å². The molecule has 0 amide bonds. The van der Waals surface area contributed by atoms with E-state index in [2.05, 4.69) is 0 Å². The van der Waals surface area contributed by atoms with Crippen LogP contribution in [0.4, 0.5) is 14.1 Å². The highest BCUT2D eigenvalue weighted by Crippen LogP contribution is 2.07. The zero-order chi connectivity index (χ0) is 4.41. The normalized spacial score (nSPS) is 17.0. The molecule has 0 N–H and O–H groups in total. The van der Waals surface area contributed by atoms with Gasteiger partial charge in [-0.05, 0) is 12.8 Å². The molecule has 1 nitrogen and oxygen atoms in total. The largest absolute Gasteiger partial charge is 0.269 e. The van der Waals surface area contributed by atoms with Crippen molar-refractivity contribution in [3.05, 3.63) is 0 Å². The van der Waals surface area contributed by atoms with Crippen molar-refractivity contribution in [2.45, 2.75) is 12.8 Å². The maximum Gasteiger partial charge on any atom is 0.00981 e. The molecule has 59 valence electrons. The lowest BCUT2D eigenvalue weighted by molar-refractivity contribution is 0.595. The molecule has 1 rings (SSSR count). The van der Waals surface area contributed by atoms with E-state index < -0.39 is 0 Å². The van der Waals surface area contributed by atoms with E-state index in [0.29, 0.717) is 0 Å². The third-order valence-corrected chi connectivity index (χ3v) is 1.43. The Morgan fingerprint density at radius 3 is 1.33 bits per heavy atom. The molecule has 0 unspecified atom stereocenters. The van der Waals surface area contributed by atoms with Crippen molar-refractivity contribution in [1.29, 1.82) is 0 Å². The molecule has 0 aromatic carbocycles. The van der Waals surface area contributed by atoms with Gasteiger partial charge in [0.05, 0.1) is 0 Å². The summed E-state index contributed by atoms with van der Waals surface area (Å²) in [7, 11) is 0. The summed E-state index contributed by atoms with van der Waals surface area (Å²) in [5.74, 6) is 0. The van der Waals surface area contributed by atoms with Crippen molar-refractivity contribution in [2.24, 2.45) is 0 Å². The van der Waals surface area contributed by atoms with Crippen LogP contribution in [0.15, 0.2) is 0 Å². The quantitative estimate of drug-likeness (QED) is 0.523. The smallest absolute Gasteiger partial charge is 0.00981 e. The molecule has 0 atom stereocenters. The third kappa shape index (κ3) is 5.98. The molecule has 0 aromatic rings. The lowest BCUT2D eigenvalue weighted by Crippen LogP contribution is -2.02. The van der Waals surface area contributed by atoms with E-state index in [9.17, 15) is 0 Å². The zero-order valence-corrected chi connectivity index (χ0v) is 5.73. The Morgan fingerprint density at radius 1 is 0.889 bits per heavy atom. The molecule has 0 saturated carbocycles. The summed E-state index contributed by atoms with van der Waals surface area (Å²) in [6.07, 6.45) is 2.62. The molecule has 1 aliphatic rings. The van der Waals surface area contributed by atoms with Gasteiger partial charge in [-0.25, -0.2) is 4.31 Å². The first kappa shape index (κ1) is 16.0. The van der Waals surface area contributed by atoms with E-state index in [-0.39, 0.29) is 14.1 Å². The van der Waals surface area contributed by atoms with Crippen LogP contribution in [0.25, 0.3) is 0 Å². The van der Waals surface area contributed by atoms with Gasteiger partial charge < -0.3 is 0 Å². The van der Waals surface area contributed by atoms with Crippen LogP contribution in [0.2, 0.25) is 0 Å². The van der Waals surface area contributed by atoms with Crippen LogP contribution >= 0.6 is 12.8 Å². The molecule has 0 bridgehead atoms. The summed E-state index contributed by atoms with van der Waals surface area (Å²) in [6, 6.07) is 0. The Labute approximate surface area is 58.1 Å². The van der Waals surface area contributed by atoms with Gasteiger partial charge in [0.15, 0.2) is 0 Å². The predicted octanol–water partition coefficient (Wildman–Crippen LogP) is 1.65. The average molecular weight is 162 g/mol.